The van der Waals surface area contributed by atoms with Crippen LogP contribution < -0.4 is 10.6 Å². The molecule has 1 atom stereocenters. The number of halogens is 1. The van der Waals surface area contributed by atoms with Crippen LogP contribution in [-0.2, 0) is 16.0 Å². The molecule has 0 aliphatic carbocycles. The van der Waals surface area contributed by atoms with E-state index in [1.165, 1.54) is 13.5 Å². The van der Waals surface area contributed by atoms with Gasteiger partial charge in [-0.05, 0) is 49.9 Å². The number of carbonyl (C=O) groups excluding carboxylic acids is 2. The number of hydrogen-bond acceptors (Lipinski definition) is 4. The average molecular weight is 411 g/mol. The molecule has 5 nitrogen and oxygen atoms in total. The summed E-state index contributed by atoms with van der Waals surface area (Å²) in [5, 5.41) is 6.36. The predicted octanol–water partition coefficient (Wildman–Crippen LogP) is 3.90. The Hall–Kier alpha value is -1.40. The number of hydrogen-bond donors (Lipinski definition) is 2. The van der Waals surface area contributed by atoms with E-state index < -0.39 is 11.4 Å². The zero-order chi connectivity index (χ0) is 18.6. The van der Waals surface area contributed by atoms with Crippen LogP contribution in [0.15, 0.2) is 16.6 Å². The smallest absolute Gasteiger partial charge is 0.340 e. The molecule has 25 heavy (non-hydrogen) atoms. The first-order valence-corrected chi connectivity index (χ1v) is 9.48. The van der Waals surface area contributed by atoms with Crippen LogP contribution in [0, 0.1) is 5.41 Å². The van der Waals surface area contributed by atoms with Gasteiger partial charge in [0.25, 0.3) is 0 Å². The third-order valence-corrected chi connectivity index (χ3v) is 5.22. The van der Waals surface area contributed by atoms with Crippen molar-refractivity contribution in [3.05, 3.63) is 27.7 Å². The number of nitrogens with one attached hydrogen (secondary N) is 2. The zero-order valence-electron chi connectivity index (χ0n) is 15.4. The third kappa shape index (κ3) is 5.05. The van der Waals surface area contributed by atoms with Crippen molar-refractivity contribution in [2.75, 3.05) is 19.0 Å². The quantitative estimate of drug-likeness (QED) is 0.722. The number of rotatable bonds is 5. The summed E-state index contributed by atoms with van der Waals surface area (Å²) < 4.78 is 5.85. The highest BCUT2D eigenvalue weighted by molar-refractivity contribution is 9.10. The molecule has 1 aromatic rings. The summed E-state index contributed by atoms with van der Waals surface area (Å²) in [5.74, 6) is -0.566. The Bertz CT molecular complexity index is 647. The number of benzene rings is 1. The number of ether oxygens (including phenoxy) is 1. The molecule has 1 unspecified atom stereocenters. The lowest BCUT2D eigenvalue weighted by Crippen LogP contribution is -2.29. The van der Waals surface area contributed by atoms with Crippen LogP contribution in [0.2, 0.25) is 0 Å². The fraction of sp³-hybridized carbons (Fsp3) is 0.579. The van der Waals surface area contributed by atoms with Gasteiger partial charge in [-0.15, -0.1) is 0 Å². The Morgan fingerprint density at radius 2 is 2.08 bits per heavy atom. The average Bonchev–Trinajstić information content (AvgIpc) is 3.06. The van der Waals surface area contributed by atoms with Crippen molar-refractivity contribution in [3.63, 3.8) is 0 Å². The van der Waals surface area contributed by atoms with Crippen molar-refractivity contribution in [2.45, 2.75) is 52.5 Å². The Kier molecular flexibility index (Phi) is 6.63. The molecule has 6 heteroatoms. The second kappa shape index (κ2) is 8.32. The second-order valence-corrected chi connectivity index (χ2v) is 8.33. The van der Waals surface area contributed by atoms with E-state index in [4.69, 9.17) is 4.74 Å². The molecule has 1 aliphatic rings. The zero-order valence-corrected chi connectivity index (χ0v) is 17.0. The lowest BCUT2D eigenvalue weighted by atomic mass is 9.94. The van der Waals surface area contributed by atoms with E-state index in [0.29, 0.717) is 17.3 Å². The first-order chi connectivity index (χ1) is 11.7. The van der Waals surface area contributed by atoms with E-state index >= 15 is 0 Å². The molecule has 1 saturated heterocycles. The maximum Gasteiger partial charge on any atom is 0.340 e. The van der Waals surface area contributed by atoms with E-state index in [1.54, 1.807) is 6.07 Å². The number of amides is 1. The minimum Gasteiger partial charge on any atom is -0.465 e. The molecular formula is C19H27BrN2O3. The maximum absolute atomic E-state index is 12.4. The van der Waals surface area contributed by atoms with Gasteiger partial charge in [-0.1, -0.05) is 36.7 Å². The Labute approximate surface area is 158 Å². The van der Waals surface area contributed by atoms with Crippen molar-refractivity contribution < 1.29 is 14.3 Å². The van der Waals surface area contributed by atoms with Gasteiger partial charge in [0.15, 0.2) is 0 Å². The van der Waals surface area contributed by atoms with Gasteiger partial charge in [0, 0.05) is 15.9 Å². The maximum atomic E-state index is 12.4. The SMILES string of the molecule is COC(=O)c1c(NC(=O)C(C)(C)C)ccc(Br)c1CCC1CCCN1. The number of methoxy groups -OCH3 is 1. The number of anilines is 1. The van der Waals surface area contributed by atoms with Gasteiger partial charge in [-0.2, -0.15) is 0 Å². The highest BCUT2D eigenvalue weighted by Gasteiger charge is 2.26. The van der Waals surface area contributed by atoms with Gasteiger partial charge in [-0.3, -0.25) is 4.79 Å². The molecule has 1 aliphatic heterocycles. The first-order valence-electron chi connectivity index (χ1n) is 8.68. The molecule has 0 bridgehead atoms. The fourth-order valence-corrected chi connectivity index (χ4v) is 3.47. The van der Waals surface area contributed by atoms with Crippen molar-refractivity contribution in [2.24, 2.45) is 5.41 Å². The summed E-state index contributed by atoms with van der Waals surface area (Å²) in [5.41, 5.74) is 1.28. The Morgan fingerprint density at radius 3 is 2.64 bits per heavy atom. The minimum atomic E-state index is -0.547. The Balaban J connectivity index is 2.33. The minimum absolute atomic E-state index is 0.136. The van der Waals surface area contributed by atoms with Crippen molar-refractivity contribution in [1.29, 1.82) is 0 Å². The monoisotopic (exact) mass is 410 g/mol. The third-order valence-electron chi connectivity index (χ3n) is 4.48. The van der Waals surface area contributed by atoms with E-state index in [0.717, 1.165) is 35.8 Å². The molecule has 2 N–H and O–H groups in total. The normalized spacial score (nSPS) is 17.4. The van der Waals surface area contributed by atoms with Crippen LogP contribution in [0.3, 0.4) is 0 Å². The van der Waals surface area contributed by atoms with Crippen LogP contribution in [0.4, 0.5) is 5.69 Å². The number of carbonyl (C=O) groups is 2. The lowest BCUT2D eigenvalue weighted by molar-refractivity contribution is -0.123. The molecule has 0 saturated carbocycles. The lowest BCUT2D eigenvalue weighted by Gasteiger charge is -2.21. The van der Waals surface area contributed by atoms with Crippen molar-refractivity contribution >= 4 is 33.5 Å². The van der Waals surface area contributed by atoms with Gasteiger partial charge < -0.3 is 15.4 Å². The summed E-state index contributed by atoms with van der Waals surface area (Å²) in [4.78, 5) is 24.8. The van der Waals surface area contributed by atoms with E-state index in [-0.39, 0.29) is 5.91 Å². The second-order valence-electron chi connectivity index (χ2n) is 7.48. The highest BCUT2D eigenvalue weighted by Crippen LogP contribution is 2.31. The summed E-state index contributed by atoms with van der Waals surface area (Å²) in [6.07, 6.45) is 4.03. The van der Waals surface area contributed by atoms with Gasteiger partial charge in [0.2, 0.25) is 5.91 Å². The van der Waals surface area contributed by atoms with Crippen LogP contribution in [0.1, 0.15) is 56.0 Å². The Morgan fingerprint density at radius 1 is 1.36 bits per heavy atom. The highest BCUT2D eigenvalue weighted by atomic mass is 79.9. The molecule has 0 radical (unpaired) electrons. The predicted molar refractivity (Wildman–Crippen MR) is 103 cm³/mol. The van der Waals surface area contributed by atoms with Crippen LogP contribution >= 0.6 is 15.9 Å². The topological polar surface area (TPSA) is 67.4 Å². The molecule has 1 fully saturated rings. The van der Waals surface area contributed by atoms with E-state index in [9.17, 15) is 9.59 Å². The van der Waals surface area contributed by atoms with Crippen molar-refractivity contribution in [3.8, 4) is 0 Å². The van der Waals surface area contributed by atoms with Crippen LogP contribution in [0.25, 0.3) is 0 Å². The summed E-state index contributed by atoms with van der Waals surface area (Å²) in [7, 11) is 1.36. The van der Waals surface area contributed by atoms with Gasteiger partial charge in [0.1, 0.15) is 0 Å². The standard InChI is InChI=1S/C19H27BrN2O3/c1-19(2,3)18(24)22-15-10-9-14(20)13(16(15)17(23)25-4)8-7-12-6-5-11-21-12/h9-10,12,21H,5-8,11H2,1-4H3,(H,22,24). The largest absolute Gasteiger partial charge is 0.465 e. The molecule has 1 amide bonds. The number of esters is 1. The molecule has 2 rings (SSSR count). The first kappa shape index (κ1) is 19.9. The van der Waals surface area contributed by atoms with Gasteiger partial charge in [-0.25, -0.2) is 4.79 Å². The molecule has 138 valence electrons. The fourth-order valence-electron chi connectivity index (χ4n) is 2.94. The van der Waals surface area contributed by atoms with E-state index in [2.05, 4.69) is 26.6 Å². The molecule has 1 heterocycles. The van der Waals surface area contributed by atoms with Crippen LogP contribution in [0.5, 0.6) is 0 Å². The summed E-state index contributed by atoms with van der Waals surface area (Å²) in [6.45, 7) is 6.57. The summed E-state index contributed by atoms with van der Waals surface area (Å²) in [6, 6.07) is 4.10. The van der Waals surface area contributed by atoms with Crippen molar-refractivity contribution in [1.82, 2.24) is 5.32 Å². The summed E-state index contributed by atoms with van der Waals surface area (Å²) >= 11 is 3.55. The van der Waals surface area contributed by atoms with Gasteiger partial charge >= 0.3 is 5.97 Å². The molecular weight excluding hydrogens is 384 g/mol. The molecule has 0 spiro atoms. The van der Waals surface area contributed by atoms with Crippen LogP contribution in [-0.4, -0.2) is 31.6 Å². The van der Waals surface area contributed by atoms with Gasteiger partial charge in [0.05, 0.1) is 18.4 Å². The molecule has 1 aromatic carbocycles. The van der Waals surface area contributed by atoms with E-state index in [1.807, 2.05) is 26.8 Å². The molecule has 0 aromatic heterocycles.